The van der Waals surface area contributed by atoms with Crippen molar-refractivity contribution in [3.05, 3.63) is 33.2 Å². The highest BCUT2D eigenvalue weighted by Crippen LogP contribution is 2.24. The molecule has 0 saturated carbocycles. The molecule has 0 aromatic carbocycles. The molecule has 4 N–H and O–H groups in total. The number of allylic oxidation sites excluding steroid dienone is 1. The molecule has 0 bridgehead atoms. The van der Waals surface area contributed by atoms with Crippen molar-refractivity contribution < 1.29 is 23.4 Å². The van der Waals surface area contributed by atoms with Crippen LogP contribution in [-0.4, -0.2) is 51.2 Å². The van der Waals surface area contributed by atoms with Crippen LogP contribution in [0.1, 0.15) is 13.8 Å². The SMILES string of the molecule is CCOC(C)S(=O)C1=CC(N)([N+](=O)[O-])C(NC(=S)NC(=O)OC)C=C1. The van der Waals surface area contributed by atoms with Crippen LogP contribution >= 0.6 is 12.2 Å². The molecule has 0 aliphatic heterocycles. The number of nitro groups is 1. The van der Waals surface area contributed by atoms with Crippen molar-refractivity contribution in [3.8, 4) is 0 Å². The first-order valence-corrected chi connectivity index (χ1v) is 8.79. The number of carbonyl (C=O) groups excluding carboxylic acids is 1. The summed E-state index contributed by atoms with van der Waals surface area (Å²) in [7, 11) is -0.490. The van der Waals surface area contributed by atoms with E-state index in [1.165, 1.54) is 12.2 Å². The highest BCUT2D eigenvalue weighted by atomic mass is 32.2. The van der Waals surface area contributed by atoms with E-state index < -0.39 is 39.0 Å². The Balaban J connectivity index is 3.00. The molecule has 1 rings (SSSR count). The molecule has 1 aliphatic carbocycles. The normalized spacial score (nSPS) is 24.6. The highest BCUT2D eigenvalue weighted by Gasteiger charge is 2.47. The van der Waals surface area contributed by atoms with Gasteiger partial charge in [0.2, 0.25) is 0 Å². The summed E-state index contributed by atoms with van der Waals surface area (Å²) in [6, 6.07) is -1.07. The van der Waals surface area contributed by atoms with Gasteiger partial charge in [0.25, 0.3) is 0 Å². The van der Waals surface area contributed by atoms with Crippen LogP contribution in [0.2, 0.25) is 0 Å². The van der Waals surface area contributed by atoms with Crippen molar-refractivity contribution in [1.82, 2.24) is 10.6 Å². The lowest BCUT2D eigenvalue weighted by Gasteiger charge is -2.30. The van der Waals surface area contributed by atoms with Crippen LogP contribution in [-0.2, 0) is 20.3 Å². The maximum atomic E-state index is 12.4. The first-order chi connectivity index (χ1) is 11.7. The second kappa shape index (κ2) is 8.99. The van der Waals surface area contributed by atoms with Gasteiger partial charge in [-0.2, -0.15) is 0 Å². The number of carbonyl (C=O) groups is 1. The molecule has 0 radical (unpaired) electrons. The number of methoxy groups -OCH3 is 1. The average molecular weight is 392 g/mol. The lowest BCUT2D eigenvalue weighted by atomic mass is 9.97. The standard InChI is InChI=1S/C13H20N4O6S2/c1-4-23-8(2)25(21)9-5-6-10(13(14,7-9)17(19)20)15-11(24)16-12(18)22-3/h5-8,10H,4,14H2,1-3H3,(H2,15,16,18,24). The van der Waals surface area contributed by atoms with E-state index in [0.717, 1.165) is 13.2 Å². The summed E-state index contributed by atoms with van der Waals surface area (Å²) >= 11 is 4.89. The number of alkyl carbamates (subject to hydrolysis) is 1. The zero-order chi connectivity index (χ0) is 19.2. The van der Waals surface area contributed by atoms with Gasteiger partial charge in [-0.05, 0) is 32.1 Å². The summed E-state index contributed by atoms with van der Waals surface area (Å²) in [5, 5.41) is 16.0. The zero-order valence-corrected chi connectivity index (χ0v) is 15.5. The monoisotopic (exact) mass is 392 g/mol. The fourth-order valence-corrected chi connectivity index (χ4v) is 3.35. The molecule has 0 spiro atoms. The summed E-state index contributed by atoms with van der Waals surface area (Å²) in [4.78, 5) is 22.1. The summed E-state index contributed by atoms with van der Waals surface area (Å²) in [6.07, 6.45) is 3.07. The molecule has 140 valence electrons. The number of nitrogens with zero attached hydrogens (tertiary/aromatic N) is 1. The Hall–Kier alpha value is -1.89. The van der Waals surface area contributed by atoms with Gasteiger partial charge in [0.05, 0.1) is 17.9 Å². The first kappa shape index (κ1) is 21.2. The Morgan fingerprint density at radius 2 is 2.28 bits per heavy atom. The van der Waals surface area contributed by atoms with Gasteiger partial charge in [-0.1, -0.05) is 6.08 Å². The Morgan fingerprint density at radius 3 is 2.80 bits per heavy atom. The van der Waals surface area contributed by atoms with Crippen molar-refractivity contribution in [2.24, 2.45) is 5.73 Å². The predicted molar refractivity (Wildman–Crippen MR) is 95.4 cm³/mol. The molecule has 4 unspecified atom stereocenters. The summed E-state index contributed by atoms with van der Waals surface area (Å²) in [6.45, 7) is 3.70. The molecule has 12 heteroatoms. The van der Waals surface area contributed by atoms with Crippen LogP contribution in [0.4, 0.5) is 4.79 Å². The third kappa shape index (κ3) is 5.29. The number of nitrogens with one attached hydrogen (secondary N) is 2. The van der Waals surface area contributed by atoms with Crippen LogP contribution in [0.15, 0.2) is 23.1 Å². The molecule has 0 fully saturated rings. The second-order valence-electron chi connectivity index (χ2n) is 4.94. The van der Waals surface area contributed by atoms with Crippen LogP contribution in [0.25, 0.3) is 0 Å². The van der Waals surface area contributed by atoms with Crippen molar-refractivity contribution in [3.63, 3.8) is 0 Å². The van der Waals surface area contributed by atoms with Gasteiger partial charge in [0.15, 0.2) is 5.11 Å². The number of hydrogen-bond acceptors (Lipinski definition) is 8. The smallest absolute Gasteiger partial charge is 0.413 e. The first-order valence-electron chi connectivity index (χ1n) is 7.17. The number of hydrogen-bond donors (Lipinski definition) is 3. The third-order valence-corrected chi connectivity index (χ3v) is 4.94. The van der Waals surface area contributed by atoms with Crippen molar-refractivity contribution in [2.75, 3.05) is 13.7 Å². The lowest BCUT2D eigenvalue weighted by molar-refractivity contribution is -0.556. The molecule has 0 aromatic rings. The van der Waals surface area contributed by atoms with Gasteiger partial charge in [-0.3, -0.25) is 25.4 Å². The minimum atomic E-state index is -2.12. The maximum absolute atomic E-state index is 12.4. The predicted octanol–water partition coefficient (Wildman–Crippen LogP) is 0.102. The van der Waals surface area contributed by atoms with Crippen molar-refractivity contribution in [1.29, 1.82) is 0 Å². The molecule has 25 heavy (non-hydrogen) atoms. The number of nitrogens with two attached hydrogens (primary N) is 1. The lowest BCUT2D eigenvalue weighted by Crippen LogP contribution is -2.63. The Bertz CT molecular complexity index is 638. The summed E-state index contributed by atoms with van der Waals surface area (Å²) < 4.78 is 22.0. The minimum absolute atomic E-state index is 0.171. The van der Waals surface area contributed by atoms with Gasteiger partial charge < -0.3 is 14.8 Å². The zero-order valence-electron chi connectivity index (χ0n) is 13.9. The molecule has 0 saturated heterocycles. The van der Waals surface area contributed by atoms with E-state index in [2.05, 4.69) is 15.4 Å². The molecular weight excluding hydrogens is 372 g/mol. The fourth-order valence-electron chi connectivity index (χ4n) is 1.98. The molecule has 1 aliphatic rings. The van der Waals surface area contributed by atoms with Gasteiger partial charge in [0.1, 0.15) is 11.5 Å². The molecule has 0 heterocycles. The molecule has 1 amide bonds. The van der Waals surface area contributed by atoms with E-state index in [-0.39, 0.29) is 10.0 Å². The Kier molecular flexibility index (Phi) is 7.60. The van der Waals surface area contributed by atoms with E-state index in [9.17, 15) is 19.1 Å². The number of thiocarbonyl (C=S) groups is 1. The Labute approximate surface area is 152 Å². The summed E-state index contributed by atoms with van der Waals surface area (Å²) in [5.41, 5.74) is 3.12. The topological polar surface area (TPSA) is 146 Å². The fraction of sp³-hybridized carbons (Fsp3) is 0.538. The van der Waals surface area contributed by atoms with E-state index in [0.29, 0.717) is 6.61 Å². The maximum Gasteiger partial charge on any atom is 0.413 e. The van der Waals surface area contributed by atoms with Gasteiger partial charge in [-0.15, -0.1) is 0 Å². The van der Waals surface area contributed by atoms with Crippen LogP contribution in [0, 0.1) is 10.1 Å². The minimum Gasteiger partial charge on any atom is -0.453 e. The second-order valence-corrected chi connectivity index (χ2v) is 7.08. The largest absolute Gasteiger partial charge is 0.453 e. The highest BCUT2D eigenvalue weighted by molar-refractivity contribution is 7.89. The van der Waals surface area contributed by atoms with E-state index in [1.54, 1.807) is 13.8 Å². The number of ether oxygens (including phenoxy) is 2. The van der Waals surface area contributed by atoms with Crippen LogP contribution in [0.3, 0.4) is 0 Å². The van der Waals surface area contributed by atoms with E-state index >= 15 is 0 Å². The molecule has 10 nitrogen and oxygen atoms in total. The van der Waals surface area contributed by atoms with Crippen LogP contribution < -0.4 is 16.4 Å². The molecule has 0 aromatic heterocycles. The van der Waals surface area contributed by atoms with Crippen molar-refractivity contribution in [2.45, 2.75) is 31.0 Å². The number of rotatable bonds is 6. The average Bonchev–Trinajstić information content (AvgIpc) is 2.55. The third-order valence-electron chi connectivity index (χ3n) is 3.26. The van der Waals surface area contributed by atoms with E-state index in [4.69, 9.17) is 22.7 Å². The van der Waals surface area contributed by atoms with Gasteiger partial charge >= 0.3 is 11.8 Å². The quantitative estimate of drug-likeness (QED) is 0.248. The summed E-state index contributed by atoms with van der Waals surface area (Å²) in [5.74, 6) is 0. The van der Waals surface area contributed by atoms with Gasteiger partial charge in [0, 0.05) is 22.5 Å². The van der Waals surface area contributed by atoms with Crippen molar-refractivity contribution >= 4 is 34.2 Å². The number of amides is 1. The molecule has 4 atom stereocenters. The Morgan fingerprint density at radius 1 is 1.64 bits per heavy atom. The molecular formula is C13H20N4O6S2. The van der Waals surface area contributed by atoms with Gasteiger partial charge in [-0.25, -0.2) is 4.79 Å². The van der Waals surface area contributed by atoms with Crippen LogP contribution in [0.5, 0.6) is 0 Å². The van der Waals surface area contributed by atoms with E-state index in [1.807, 2.05) is 0 Å².